The van der Waals surface area contributed by atoms with E-state index in [-0.39, 0.29) is 0 Å². The molecule has 1 aromatic heterocycles. The molecule has 1 atom stereocenters. The third-order valence-corrected chi connectivity index (χ3v) is 3.68. The zero-order valence-electron chi connectivity index (χ0n) is 10.5. The lowest BCUT2D eigenvalue weighted by Gasteiger charge is -2.26. The number of rotatable bonds is 2. The second-order valence-electron chi connectivity index (χ2n) is 5.13. The van der Waals surface area contributed by atoms with Gasteiger partial charge in [0.05, 0.1) is 17.1 Å². The van der Waals surface area contributed by atoms with Crippen LogP contribution in [-0.4, -0.2) is 27.5 Å². The zero-order chi connectivity index (χ0) is 11.8. The molecule has 0 spiro atoms. The normalized spacial score (nSPS) is 21.7. The van der Waals surface area contributed by atoms with Crippen molar-refractivity contribution in [2.24, 2.45) is 0 Å². The number of fused-ring (bicyclic) bond motifs is 1. The number of aromatic nitrogens is 2. The Balaban J connectivity index is 1.97. The highest BCUT2D eigenvalue weighted by Gasteiger charge is 2.29. The summed E-state index contributed by atoms with van der Waals surface area (Å²) in [5, 5.41) is 0. The molecule has 2 aromatic rings. The maximum absolute atomic E-state index is 4.73. The molecule has 1 fully saturated rings. The summed E-state index contributed by atoms with van der Waals surface area (Å²) in [7, 11) is 0. The Kier molecular flexibility index (Phi) is 2.63. The van der Waals surface area contributed by atoms with Gasteiger partial charge in [-0.15, -0.1) is 0 Å². The Bertz CT molecular complexity index is 482. The Labute approximate surface area is 102 Å². The van der Waals surface area contributed by atoms with E-state index in [4.69, 9.17) is 4.98 Å². The molecule has 3 nitrogen and oxygen atoms in total. The number of hydrogen-bond donors (Lipinski definition) is 1. The maximum atomic E-state index is 4.73. The summed E-state index contributed by atoms with van der Waals surface area (Å²) in [6.07, 6.45) is 2.50. The first-order valence-corrected chi connectivity index (χ1v) is 6.46. The Morgan fingerprint density at radius 1 is 1.35 bits per heavy atom. The second-order valence-corrected chi connectivity index (χ2v) is 5.13. The minimum Gasteiger partial charge on any atom is -0.341 e. The van der Waals surface area contributed by atoms with E-state index in [1.807, 2.05) is 6.07 Å². The molecule has 3 heteroatoms. The molecular formula is C14H19N3. The van der Waals surface area contributed by atoms with Gasteiger partial charge in [0, 0.05) is 6.04 Å². The number of aromatic amines is 1. The average Bonchev–Trinajstić information content (AvgIpc) is 2.95. The summed E-state index contributed by atoms with van der Waals surface area (Å²) in [5.41, 5.74) is 2.23. The summed E-state index contributed by atoms with van der Waals surface area (Å²) >= 11 is 0. The van der Waals surface area contributed by atoms with E-state index in [2.05, 4.69) is 41.9 Å². The smallest absolute Gasteiger partial charge is 0.124 e. The molecule has 0 bridgehead atoms. The fourth-order valence-corrected chi connectivity index (χ4v) is 2.83. The highest BCUT2D eigenvalue weighted by atomic mass is 15.2. The molecule has 3 rings (SSSR count). The highest BCUT2D eigenvalue weighted by Crippen LogP contribution is 2.32. The number of benzene rings is 1. The molecule has 0 amide bonds. The van der Waals surface area contributed by atoms with Crippen molar-refractivity contribution in [1.82, 2.24) is 14.9 Å². The molecular weight excluding hydrogens is 210 g/mol. The number of likely N-dealkylation sites (tertiary alicyclic amines) is 1. The Morgan fingerprint density at radius 2 is 2.18 bits per heavy atom. The van der Waals surface area contributed by atoms with Crippen LogP contribution in [0.1, 0.15) is 38.6 Å². The average molecular weight is 229 g/mol. The molecule has 1 aromatic carbocycles. The van der Waals surface area contributed by atoms with Crippen LogP contribution in [0, 0.1) is 0 Å². The minimum atomic E-state index is 0.474. The van der Waals surface area contributed by atoms with Crippen LogP contribution in [0.2, 0.25) is 0 Å². The van der Waals surface area contributed by atoms with E-state index in [0.717, 1.165) is 16.9 Å². The van der Waals surface area contributed by atoms with Gasteiger partial charge in [0.2, 0.25) is 0 Å². The summed E-state index contributed by atoms with van der Waals surface area (Å²) in [6.45, 7) is 5.72. The largest absolute Gasteiger partial charge is 0.341 e. The van der Waals surface area contributed by atoms with Crippen molar-refractivity contribution >= 4 is 11.0 Å². The molecule has 90 valence electrons. The van der Waals surface area contributed by atoms with Crippen molar-refractivity contribution in [3.05, 3.63) is 30.1 Å². The van der Waals surface area contributed by atoms with Gasteiger partial charge in [-0.1, -0.05) is 12.1 Å². The predicted molar refractivity (Wildman–Crippen MR) is 69.9 cm³/mol. The van der Waals surface area contributed by atoms with Gasteiger partial charge in [-0.05, 0) is 45.4 Å². The van der Waals surface area contributed by atoms with E-state index in [1.165, 1.54) is 19.4 Å². The van der Waals surface area contributed by atoms with Gasteiger partial charge in [-0.3, -0.25) is 4.90 Å². The summed E-state index contributed by atoms with van der Waals surface area (Å²) in [4.78, 5) is 10.7. The molecule has 2 heterocycles. The molecule has 1 N–H and O–H groups in total. The summed E-state index contributed by atoms with van der Waals surface area (Å²) < 4.78 is 0. The van der Waals surface area contributed by atoms with E-state index in [1.54, 1.807) is 0 Å². The van der Waals surface area contributed by atoms with Crippen LogP contribution >= 0.6 is 0 Å². The van der Waals surface area contributed by atoms with Crippen LogP contribution in [0.15, 0.2) is 24.3 Å². The van der Waals surface area contributed by atoms with Crippen LogP contribution in [-0.2, 0) is 0 Å². The number of hydrogen-bond acceptors (Lipinski definition) is 2. The number of nitrogens with one attached hydrogen (secondary N) is 1. The fourth-order valence-electron chi connectivity index (χ4n) is 2.83. The van der Waals surface area contributed by atoms with E-state index >= 15 is 0 Å². The van der Waals surface area contributed by atoms with Crippen molar-refractivity contribution < 1.29 is 0 Å². The van der Waals surface area contributed by atoms with Gasteiger partial charge in [0.1, 0.15) is 5.82 Å². The monoisotopic (exact) mass is 229 g/mol. The predicted octanol–water partition coefficient (Wildman–Crippen LogP) is 3.11. The quantitative estimate of drug-likeness (QED) is 0.858. The van der Waals surface area contributed by atoms with Crippen LogP contribution in [0.5, 0.6) is 0 Å². The minimum absolute atomic E-state index is 0.474. The molecule has 1 unspecified atom stereocenters. The van der Waals surface area contributed by atoms with Crippen LogP contribution in [0.4, 0.5) is 0 Å². The zero-order valence-corrected chi connectivity index (χ0v) is 10.5. The lowest BCUT2D eigenvalue weighted by molar-refractivity contribution is 0.199. The van der Waals surface area contributed by atoms with E-state index in [0.29, 0.717) is 12.1 Å². The standard InChI is InChI=1S/C14H19N3/c1-10(2)17-9-5-8-13(17)14-15-11-6-3-4-7-12(11)16-14/h3-4,6-7,10,13H,5,8-9H2,1-2H3,(H,15,16). The lowest BCUT2D eigenvalue weighted by Crippen LogP contribution is -2.30. The Morgan fingerprint density at radius 3 is 2.94 bits per heavy atom. The van der Waals surface area contributed by atoms with E-state index < -0.39 is 0 Å². The lowest BCUT2D eigenvalue weighted by atomic mass is 10.2. The van der Waals surface area contributed by atoms with Gasteiger partial charge >= 0.3 is 0 Å². The third-order valence-electron chi connectivity index (χ3n) is 3.68. The second kappa shape index (κ2) is 4.15. The van der Waals surface area contributed by atoms with Gasteiger partial charge in [0.15, 0.2) is 0 Å². The SMILES string of the molecule is CC(C)N1CCCC1c1nc2ccccc2[nH]1. The molecule has 1 aliphatic heterocycles. The van der Waals surface area contributed by atoms with Crippen molar-refractivity contribution in [2.45, 2.75) is 38.8 Å². The number of H-pyrrole nitrogens is 1. The van der Waals surface area contributed by atoms with Crippen LogP contribution in [0.3, 0.4) is 0 Å². The molecule has 17 heavy (non-hydrogen) atoms. The first-order valence-electron chi connectivity index (χ1n) is 6.46. The van der Waals surface area contributed by atoms with Crippen molar-refractivity contribution in [3.63, 3.8) is 0 Å². The summed E-state index contributed by atoms with van der Waals surface area (Å²) in [6, 6.07) is 9.34. The highest BCUT2D eigenvalue weighted by molar-refractivity contribution is 5.74. The molecule has 0 aliphatic carbocycles. The maximum Gasteiger partial charge on any atom is 0.124 e. The number of para-hydroxylation sites is 2. The first-order chi connectivity index (χ1) is 8.25. The molecule has 1 aliphatic rings. The van der Waals surface area contributed by atoms with E-state index in [9.17, 15) is 0 Å². The Hall–Kier alpha value is -1.35. The van der Waals surface area contributed by atoms with Crippen molar-refractivity contribution in [1.29, 1.82) is 0 Å². The van der Waals surface area contributed by atoms with Crippen LogP contribution in [0.25, 0.3) is 11.0 Å². The van der Waals surface area contributed by atoms with Gasteiger partial charge in [0.25, 0.3) is 0 Å². The molecule has 0 saturated carbocycles. The first kappa shape index (κ1) is 10.8. The topological polar surface area (TPSA) is 31.9 Å². The third kappa shape index (κ3) is 1.84. The summed E-state index contributed by atoms with van der Waals surface area (Å²) in [5.74, 6) is 1.14. The van der Waals surface area contributed by atoms with Crippen LogP contribution < -0.4 is 0 Å². The number of imidazole rings is 1. The van der Waals surface area contributed by atoms with Gasteiger partial charge < -0.3 is 4.98 Å². The van der Waals surface area contributed by atoms with Gasteiger partial charge in [-0.25, -0.2) is 4.98 Å². The van der Waals surface area contributed by atoms with Crippen molar-refractivity contribution in [3.8, 4) is 0 Å². The number of nitrogens with zero attached hydrogens (tertiary/aromatic N) is 2. The van der Waals surface area contributed by atoms with Gasteiger partial charge in [-0.2, -0.15) is 0 Å². The molecule has 0 radical (unpaired) electrons. The fraction of sp³-hybridized carbons (Fsp3) is 0.500. The molecule has 1 saturated heterocycles. The van der Waals surface area contributed by atoms with Crippen molar-refractivity contribution in [2.75, 3.05) is 6.54 Å².